The van der Waals surface area contributed by atoms with Crippen LogP contribution < -0.4 is 9.47 Å². The van der Waals surface area contributed by atoms with Gasteiger partial charge in [0.1, 0.15) is 48.0 Å². The van der Waals surface area contributed by atoms with Crippen molar-refractivity contribution >= 4 is 0 Å². The molecule has 0 atom stereocenters. The molecule has 0 spiro atoms. The van der Waals surface area contributed by atoms with Gasteiger partial charge in [-0.2, -0.15) is 10.5 Å². The van der Waals surface area contributed by atoms with Gasteiger partial charge in [-0.25, -0.2) is 0 Å². The van der Waals surface area contributed by atoms with Crippen LogP contribution in [0.1, 0.15) is 38.8 Å². The standard InChI is InChI=1S/C20H28N2O6/c1-5-23-19(24-6-2)13-27-17-9-10-18(16(12-22)15(17)11-21)28-14-20(25-7-3)26-8-4/h9-10,19-20H,5-8,13-14H2,1-4H3. The molecule has 8 nitrogen and oxygen atoms in total. The summed E-state index contributed by atoms with van der Waals surface area (Å²) < 4.78 is 33.0. The van der Waals surface area contributed by atoms with Gasteiger partial charge in [0.15, 0.2) is 12.6 Å². The minimum Gasteiger partial charge on any atom is -0.487 e. The fourth-order valence-corrected chi connectivity index (χ4v) is 2.37. The third kappa shape index (κ3) is 7.34. The molecule has 0 saturated carbocycles. The maximum Gasteiger partial charge on any atom is 0.191 e. The quantitative estimate of drug-likeness (QED) is 0.445. The molecule has 0 aromatic heterocycles. The Labute approximate surface area is 166 Å². The topological polar surface area (TPSA) is 103 Å². The van der Waals surface area contributed by atoms with Crippen molar-refractivity contribution in [2.75, 3.05) is 39.6 Å². The van der Waals surface area contributed by atoms with Crippen LogP contribution in [0.25, 0.3) is 0 Å². The lowest BCUT2D eigenvalue weighted by Crippen LogP contribution is -2.26. The van der Waals surface area contributed by atoms with Crippen LogP contribution in [0.3, 0.4) is 0 Å². The zero-order valence-corrected chi connectivity index (χ0v) is 16.9. The largest absolute Gasteiger partial charge is 0.487 e. The molecule has 0 aliphatic rings. The number of hydrogen-bond acceptors (Lipinski definition) is 8. The van der Waals surface area contributed by atoms with Gasteiger partial charge < -0.3 is 28.4 Å². The molecule has 0 radical (unpaired) electrons. The summed E-state index contributed by atoms with van der Waals surface area (Å²) in [6, 6.07) is 7.19. The summed E-state index contributed by atoms with van der Waals surface area (Å²) in [7, 11) is 0. The van der Waals surface area contributed by atoms with Crippen LogP contribution in [0.2, 0.25) is 0 Å². The first-order chi connectivity index (χ1) is 13.6. The van der Waals surface area contributed by atoms with Gasteiger partial charge >= 0.3 is 0 Å². The van der Waals surface area contributed by atoms with Crippen LogP contribution >= 0.6 is 0 Å². The van der Waals surface area contributed by atoms with E-state index < -0.39 is 12.6 Å². The minimum atomic E-state index is -0.554. The first-order valence-corrected chi connectivity index (χ1v) is 9.34. The monoisotopic (exact) mass is 392 g/mol. The molecule has 0 amide bonds. The summed E-state index contributed by atoms with van der Waals surface area (Å²) in [6.07, 6.45) is -1.11. The van der Waals surface area contributed by atoms with Crippen molar-refractivity contribution < 1.29 is 28.4 Å². The molecule has 0 bridgehead atoms. The predicted octanol–water partition coefficient (Wildman–Crippen LogP) is 2.99. The average molecular weight is 392 g/mol. The van der Waals surface area contributed by atoms with E-state index in [1.165, 1.54) is 0 Å². The number of ether oxygens (including phenoxy) is 6. The highest BCUT2D eigenvalue weighted by Crippen LogP contribution is 2.30. The molecule has 8 heteroatoms. The van der Waals surface area contributed by atoms with Gasteiger partial charge in [-0.15, -0.1) is 0 Å². The number of nitrogens with zero attached hydrogens (tertiary/aromatic N) is 2. The lowest BCUT2D eigenvalue weighted by molar-refractivity contribution is -0.152. The molecule has 0 aliphatic carbocycles. The Morgan fingerprint density at radius 2 is 1.00 bits per heavy atom. The van der Waals surface area contributed by atoms with Gasteiger partial charge in [0.2, 0.25) is 0 Å². The first kappa shape index (κ1) is 23.7. The van der Waals surface area contributed by atoms with E-state index in [1.807, 2.05) is 39.8 Å². The van der Waals surface area contributed by atoms with E-state index in [4.69, 9.17) is 28.4 Å². The molecule has 154 valence electrons. The molecule has 28 heavy (non-hydrogen) atoms. The molecule has 1 aromatic carbocycles. The van der Waals surface area contributed by atoms with Gasteiger partial charge in [0, 0.05) is 26.4 Å². The second-order valence-electron chi connectivity index (χ2n) is 5.34. The molecule has 0 unspecified atom stereocenters. The number of benzene rings is 1. The number of rotatable bonds is 14. The summed E-state index contributed by atoms with van der Waals surface area (Å²) in [4.78, 5) is 0. The third-order valence-corrected chi connectivity index (χ3v) is 3.51. The van der Waals surface area contributed by atoms with E-state index in [0.29, 0.717) is 26.4 Å². The second-order valence-corrected chi connectivity index (χ2v) is 5.34. The summed E-state index contributed by atoms with van der Waals surface area (Å²) in [5.74, 6) is 0.531. The highest BCUT2D eigenvalue weighted by Gasteiger charge is 2.19. The zero-order valence-electron chi connectivity index (χ0n) is 16.9. The van der Waals surface area contributed by atoms with Crippen molar-refractivity contribution in [3.05, 3.63) is 23.3 Å². The molecule has 1 rings (SSSR count). The average Bonchev–Trinajstić information content (AvgIpc) is 2.70. The number of nitriles is 2. The lowest BCUT2D eigenvalue weighted by Gasteiger charge is -2.20. The highest BCUT2D eigenvalue weighted by atomic mass is 16.7. The minimum absolute atomic E-state index is 0.0936. The van der Waals surface area contributed by atoms with Crippen LogP contribution in [-0.4, -0.2) is 52.2 Å². The highest BCUT2D eigenvalue weighted by molar-refractivity contribution is 5.60. The first-order valence-electron chi connectivity index (χ1n) is 9.34. The van der Waals surface area contributed by atoms with Crippen LogP contribution in [0.15, 0.2) is 12.1 Å². The Morgan fingerprint density at radius 1 is 0.679 bits per heavy atom. The van der Waals surface area contributed by atoms with E-state index in [0.717, 1.165) is 0 Å². The summed E-state index contributed by atoms with van der Waals surface area (Å²) in [6.45, 7) is 9.47. The summed E-state index contributed by atoms with van der Waals surface area (Å²) in [5, 5.41) is 19.0. The van der Waals surface area contributed by atoms with Crippen molar-refractivity contribution in [1.82, 2.24) is 0 Å². The maximum atomic E-state index is 9.52. The van der Waals surface area contributed by atoms with Gasteiger partial charge in [-0.05, 0) is 39.8 Å². The Hall–Kier alpha value is -2.36. The third-order valence-electron chi connectivity index (χ3n) is 3.51. The molecule has 0 heterocycles. The summed E-state index contributed by atoms with van der Waals surface area (Å²) >= 11 is 0. The molecule has 1 aromatic rings. The van der Waals surface area contributed by atoms with Crippen molar-refractivity contribution in [1.29, 1.82) is 10.5 Å². The van der Waals surface area contributed by atoms with Gasteiger partial charge in [0.05, 0.1) is 0 Å². The van der Waals surface area contributed by atoms with E-state index in [1.54, 1.807) is 12.1 Å². The summed E-state index contributed by atoms with van der Waals surface area (Å²) in [5.41, 5.74) is 0.187. The molecule has 0 N–H and O–H groups in total. The smallest absolute Gasteiger partial charge is 0.191 e. The normalized spacial score (nSPS) is 10.7. The van der Waals surface area contributed by atoms with Gasteiger partial charge in [0.25, 0.3) is 0 Å². The maximum absolute atomic E-state index is 9.52. The Kier molecular flexibility index (Phi) is 11.6. The molecule has 0 saturated heterocycles. The van der Waals surface area contributed by atoms with Crippen molar-refractivity contribution in [3.8, 4) is 23.6 Å². The second kappa shape index (κ2) is 13.8. The van der Waals surface area contributed by atoms with Crippen molar-refractivity contribution in [2.45, 2.75) is 40.3 Å². The van der Waals surface area contributed by atoms with Crippen LogP contribution in [-0.2, 0) is 18.9 Å². The van der Waals surface area contributed by atoms with E-state index in [2.05, 4.69) is 0 Å². The molecule has 0 aliphatic heterocycles. The molecular weight excluding hydrogens is 364 g/mol. The van der Waals surface area contributed by atoms with Crippen LogP contribution in [0.5, 0.6) is 11.5 Å². The Bertz CT molecular complexity index is 599. The van der Waals surface area contributed by atoms with E-state index in [-0.39, 0.29) is 35.8 Å². The van der Waals surface area contributed by atoms with Crippen LogP contribution in [0, 0.1) is 22.7 Å². The van der Waals surface area contributed by atoms with E-state index >= 15 is 0 Å². The SMILES string of the molecule is CCOC(COc1ccc(OCC(OCC)OCC)c(C#N)c1C#N)OCC. The predicted molar refractivity (Wildman–Crippen MR) is 101 cm³/mol. The van der Waals surface area contributed by atoms with Gasteiger partial charge in [-0.1, -0.05) is 0 Å². The fourth-order valence-electron chi connectivity index (χ4n) is 2.37. The zero-order chi connectivity index (χ0) is 20.8. The van der Waals surface area contributed by atoms with Crippen molar-refractivity contribution in [2.24, 2.45) is 0 Å². The number of hydrogen-bond donors (Lipinski definition) is 0. The van der Waals surface area contributed by atoms with Gasteiger partial charge in [-0.3, -0.25) is 0 Å². The van der Waals surface area contributed by atoms with Crippen molar-refractivity contribution in [3.63, 3.8) is 0 Å². The molecule has 0 fully saturated rings. The van der Waals surface area contributed by atoms with E-state index in [9.17, 15) is 10.5 Å². The molecular formula is C20H28N2O6. The fraction of sp³-hybridized carbons (Fsp3) is 0.600. The lowest BCUT2D eigenvalue weighted by atomic mass is 10.1. The van der Waals surface area contributed by atoms with Crippen LogP contribution in [0.4, 0.5) is 0 Å². The Balaban J connectivity index is 2.94. The Morgan fingerprint density at radius 3 is 1.25 bits per heavy atom.